The minimum atomic E-state index is -0.00522. The van der Waals surface area contributed by atoms with E-state index in [2.05, 4.69) is 41.5 Å². The number of hydrogen-bond acceptors (Lipinski definition) is 2. The highest BCUT2D eigenvalue weighted by molar-refractivity contribution is 5.69. The van der Waals surface area contributed by atoms with Gasteiger partial charge in [0, 0.05) is 6.42 Å². The molecule has 0 heterocycles. The lowest BCUT2D eigenvalue weighted by atomic mass is 9.97. The van der Waals surface area contributed by atoms with E-state index in [1.807, 2.05) is 0 Å². The van der Waals surface area contributed by atoms with Gasteiger partial charge in [-0.1, -0.05) is 106 Å². The molecule has 2 nitrogen and oxygen atoms in total. The molecule has 0 aromatic rings. The van der Waals surface area contributed by atoms with Gasteiger partial charge in [-0.3, -0.25) is 4.79 Å². The molecule has 0 fully saturated rings. The molecule has 0 saturated carbocycles. The molecule has 0 N–H and O–H groups in total. The largest absolute Gasteiger partial charge is 0.462 e. The van der Waals surface area contributed by atoms with Crippen molar-refractivity contribution in [2.75, 3.05) is 0 Å². The van der Waals surface area contributed by atoms with Crippen LogP contribution in [0.25, 0.3) is 0 Å². The molecule has 0 aliphatic rings. The molecule has 3 atom stereocenters. The Hall–Kier alpha value is -0.530. The molecule has 0 aliphatic heterocycles. The fourth-order valence-electron chi connectivity index (χ4n) is 3.37. The summed E-state index contributed by atoms with van der Waals surface area (Å²) in [5.41, 5.74) is 0. The average molecular weight is 355 g/mol. The lowest BCUT2D eigenvalue weighted by Gasteiger charge is -2.20. The smallest absolute Gasteiger partial charge is 0.306 e. The Morgan fingerprint density at radius 2 is 1.20 bits per heavy atom. The summed E-state index contributed by atoms with van der Waals surface area (Å²) >= 11 is 0. The molecule has 0 spiro atoms. The molecule has 0 rings (SSSR count). The van der Waals surface area contributed by atoms with Gasteiger partial charge in [-0.05, 0) is 24.2 Å². The highest BCUT2D eigenvalue weighted by Gasteiger charge is 2.18. The van der Waals surface area contributed by atoms with E-state index in [1.54, 1.807) is 0 Å². The van der Waals surface area contributed by atoms with Crippen LogP contribution in [0.1, 0.15) is 119 Å². The Bertz CT molecular complexity index is 311. The normalized spacial score (nSPS) is 15.2. The molecule has 3 unspecified atom stereocenters. The van der Waals surface area contributed by atoms with Gasteiger partial charge >= 0.3 is 5.97 Å². The second-order valence-electron chi connectivity index (χ2n) is 8.56. The van der Waals surface area contributed by atoms with Crippen molar-refractivity contribution in [1.82, 2.24) is 0 Å². The molecule has 0 saturated heterocycles. The Morgan fingerprint density at radius 3 is 1.64 bits per heavy atom. The lowest BCUT2D eigenvalue weighted by molar-refractivity contribution is -0.152. The molecule has 0 bridgehead atoms. The van der Waals surface area contributed by atoms with E-state index in [0.717, 1.165) is 18.8 Å². The fraction of sp³-hybridized carbons (Fsp3) is 0.957. The molecule has 0 aromatic carbocycles. The van der Waals surface area contributed by atoms with Crippen LogP contribution in [0.15, 0.2) is 0 Å². The number of hydrogen-bond donors (Lipinski definition) is 0. The van der Waals surface area contributed by atoms with Crippen molar-refractivity contribution in [3.63, 3.8) is 0 Å². The van der Waals surface area contributed by atoms with Crippen molar-refractivity contribution >= 4 is 5.97 Å². The maximum atomic E-state index is 12.0. The van der Waals surface area contributed by atoms with Gasteiger partial charge < -0.3 is 4.74 Å². The average Bonchev–Trinajstić information content (AvgIpc) is 2.57. The summed E-state index contributed by atoms with van der Waals surface area (Å²) in [6.07, 6.45) is 15.0. The van der Waals surface area contributed by atoms with Crippen molar-refractivity contribution in [3.05, 3.63) is 0 Å². The fourth-order valence-corrected chi connectivity index (χ4v) is 3.37. The van der Waals surface area contributed by atoms with Crippen molar-refractivity contribution in [2.45, 2.75) is 125 Å². The Morgan fingerprint density at radius 1 is 0.720 bits per heavy atom. The van der Waals surface area contributed by atoms with E-state index < -0.39 is 0 Å². The van der Waals surface area contributed by atoms with Crippen molar-refractivity contribution in [1.29, 1.82) is 0 Å². The van der Waals surface area contributed by atoms with Crippen LogP contribution in [-0.4, -0.2) is 12.1 Å². The summed E-state index contributed by atoms with van der Waals surface area (Å²) in [4.78, 5) is 12.0. The summed E-state index contributed by atoms with van der Waals surface area (Å²) < 4.78 is 5.60. The number of carbonyl (C=O) groups excluding carboxylic acids is 1. The third-order valence-corrected chi connectivity index (χ3v) is 5.53. The first kappa shape index (κ1) is 24.5. The SMILES string of the molecule is CCC(C)CCCCCCCCCC(C)CC(=O)OC(CC)C(C)C. The van der Waals surface area contributed by atoms with Gasteiger partial charge in [0.05, 0.1) is 0 Å². The number of ether oxygens (including phenoxy) is 1. The Balaban J connectivity index is 3.54. The summed E-state index contributed by atoms with van der Waals surface area (Å²) in [6.45, 7) is 13.2. The van der Waals surface area contributed by atoms with E-state index >= 15 is 0 Å². The van der Waals surface area contributed by atoms with E-state index in [9.17, 15) is 4.79 Å². The maximum Gasteiger partial charge on any atom is 0.306 e. The van der Waals surface area contributed by atoms with E-state index in [1.165, 1.54) is 57.8 Å². The van der Waals surface area contributed by atoms with Crippen LogP contribution in [0, 0.1) is 17.8 Å². The third-order valence-electron chi connectivity index (χ3n) is 5.53. The van der Waals surface area contributed by atoms with Gasteiger partial charge in [-0.15, -0.1) is 0 Å². The second kappa shape index (κ2) is 15.7. The molecular weight excluding hydrogens is 308 g/mol. The van der Waals surface area contributed by atoms with Crippen LogP contribution in [0.3, 0.4) is 0 Å². The highest BCUT2D eigenvalue weighted by atomic mass is 16.5. The van der Waals surface area contributed by atoms with Crippen LogP contribution in [0.4, 0.5) is 0 Å². The van der Waals surface area contributed by atoms with Crippen molar-refractivity contribution in [2.24, 2.45) is 17.8 Å². The van der Waals surface area contributed by atoms with Crippen LogP contribution >= 0.6 is 0 Å². The Kier molecular flexibility index (Phi) is 15.4. The van der Waals surface area contributed by atoms with Gasteiger partial charge in [-0.2, -0.15) is 0 Å². The summed E-state index contributed by atoms with van der Waals surface area (Å²) in [6, 6.07) is 0. The highest BCUT2D eigenvalue weighted by Crippen LogP contribution is 2.18. The first-order valence-electron chi connectivity index (χ1n) is 11.1. The first-order chi connectivity index (χ1) is 11.9. The monoisotopic (exact) mass is 354 g/mol. The van der Waals surface area contributed by atoms with Gasteiger partial charge in [0.2, 0.25) is 0 Å². The number of esters is 1. The predicted molar refractivity (Wildman–Crippen MR) is 110 cm³/mol. The summed E-state index contributed by atoms with van der Waals surface area (Å²) in [7, 11) is 0. The third kappa shape index (κ3) is 14.3. The first-order valence-corrected chi connectivity index (χ1v) is 11.1. The Labute approximate surface area is 158 Å². The van der Waals surface area contributed by atoms with E-state index in [0.29, 0.717) is 18.3 Å². The maximum absolute atomic E-state index is 12.0. The molecular formula is C23H46O2. The molecule has 0 amide bonds. The van der Waals surface area contributed by atoms with E-state index in [-0.39, 0.29) is 12.1 Å². The van der Waals surface area contributed by atoms with Gasteiger partial charge in [0.15, 0.2) is 0 Å². The topological polar surface area (TPSA) is 26.3 Å². The number of carbonyl (C=O) groups is 1. The van der Waals surface area contributed by atoms with Gasteiger partial charge in [0.1, 0.15) is 6.10 Å². The number of unbranched alkanes of at least 4 members (excludes halogenated alkanes) is 6. The molecule has 25 heavy (non-hydrogen) atoms. The lowest BCUT2D eigenvalue weighted by Crippen LogP contribution is -2.23. The minimum absolute atomic E-state index is 0.00522. The van der Waals surface area contributed by atoms with Crippen molar-refractivity contribution in [3.8, 4) is 0 Å². The van der Waals surface area contributed by atoms with E-state index in [4.69, 9.17) is 4.74 Å². The predicted octanol–water partition coefficient (Wildman–Crippen LogP) is 7.55. The molecule has 2 heteroatoms. The minimum Gasteiger partial charge on any atom is -0.462 e. The zero-order valence-electron chi connectivity index (χ0n) is 18.1. The number of rotatable bonds is 16. The van der Waals surface area contributed by atoms with Gasteiger partial charge in [0.25, 0.3) is 0 Å². The summed E-state index contributed by atoms with van der Waals surface area (Å²) in [5.74, 6) is 1.76. The molecule has 0 aromatic heterocycles. The zero-order chi connectivity index (χ0) is 19.1. The zero-order valence-corrected chi connectivity index (χ0v) is 18.1. The molecule has 0 radical (unpaired) electrons. The van der Waals surface area contributed by atoms with Crippen LogP contribution in [-0.2, 0) is 9.53 Å². The standard InChI is InChI=1S/C23H46O2/c1-7-20(5)16-14-12-10-9-11-13-15-17-21(6)18-23(24)25-22(8-2)19(3)4/h19-22H,7-18H2,1-6H3. The molecule has 0 aliphatic carbocycles. The quantitative estimate of drug-likeness (QED) is 0.211. The van der Waals surface area contributed by atoms with Gasteiger partial charge in [-0.25, -0.2) is 0 Å². The molecule has 150 valence electrons. The van der Waals surface area contributed by atoms with Crippen LogP contribution in [0.5, 0.6) is 0 Å². The second-order valence-corrected chi connectivity index (χ2v) is 8.56. The van der Waals surface area contributed by atoms with Crippen molar-refractivity contribution < 1.29 is 9.53 Å². The summed E-state index contributed by atoms with van der Waals surface area (Å²) in [5, 5.41) is 0. The van der Waals surface area contributed by atoms with Crippen LogP contribution < -0.4 is 0 Å². The van der Waals surface area contributed by atoms with Crippen LogP contribution in [0.2, 0.25) is 0 Å².